The van der Waals surface area contributed by atoms with Gasteiger partial charge in [0.15, 0.2) is 5.60 Å². The monoisotopic (exact) mass is 367 g/mol. The Labute approximate surface area is 159 Å². The van der Waals surface area contributed by atoms with Gasteiger partial charge in [-0.1, -0.05) is 30.3 Å². The van der Waals surface area contributed by atoms with Gasteiger partial charge in [0, 0.05) is 39.3 Å². The molecular formula is C21H25N3O3. The minimum Gasteiger partial charge on any atom is -0.465 e. The van der Waals surface area contributed by atoms with E-state index in [1.54, 1.807) is 0 Å². The van der Waals surface area contributed by atoms with E-state index in [9.17, 15) is 4.79 Å². The van der Waals surface area contributed by atoms with Crippen LogP contribution in [0.1, 0.15) is 17.1 Å². The maximum atomic E-state index is 12.4. The number of likely N-dealkylation sites (tertiary alicyclic amines) is 1. The molecular weight excluding hydrogens is 342 g/mol. The number of carbonyl (C=O) groups excluding carboxylic acids is 1. The lowest BCUT2D eigenvalue weighted by Crippen LogP contribution is -2.70. The Morgan fingerprint density at radius 1 is 1.04 bits per heavy atom. The molecule has 4 heterocycles. The van der Waals surface area contributed by atoms with Crippen molar-refractivity contribution in [2.24, 2.45) is 0 Å². The first-order valence-electron chi connectivity index (χ1n) is 9.65. The molecule has 0 radical (unpaired) electrons. The van der Waals surface area contributed by atoms with Crippen LogP contribution in [-0.2, 0) is 17.8 Å². The van der Waals surface area contributed by atoms with Crippen molar-refractivity contribution in [1.82, 2.24) is 14.7 Å². The number of hydrogen-bond donors (Lipinski definition) is 0. The maximum absolute atomic E-state index is 12.4. The van der Waals surface area contributed by atoms with Gasteiger partial charge in [0.2, 0.25) is 0 Å². The Hall–Kier alpha value is -2.31. The number of fused-ring (bicyclic) bond motifs is 2. The Balaban J connectivity index is 1.25. The number of benzene rings is 1. The van der Waals surface area contributed by atoms with Crippen molar-refractivity contribution in [2.45, 2.75) is 31.7 Å². The maximum Gasteiger partial charge on any atom is 0.410 e. The van der Waals surface area contributed by atoms with Gasteiger partial charge in [-0.2, -0.15) is 0 Å². The molecule has 1 unspecified atom stereocenters. The molecule has 2 aromatic rings. The van der Waals surface area contributed by atoms with E-state index in [-0.39, 0.29) is 17.7 Å². The van der Waals surface area contributed by atoms with Crippen molar-refractivity contribution >= 4 is 6.09 Å². The summed E-state index contributed by atoms with van der Waals surface area (Å²) in [4.78, 5) is 19.1. The third-order valence-electron chi connectivity index (χ3n) is 6.00. The van der Waals surface area contributed by atoms with Gasteiger partial charge in [-0.3, -0.25) is 14.7 Å². The van der Waals surface area contributed by atoms with E-state index in [1.165, 1.54) is 5.56 Å². The molecule has 0 bridgehead atoms. The second kappa shape index (κ2) is 6.39. The number of amides is 1. The highest BCUT2D eigenvalue weighted by Gasteiger charge is 2.61. The van der Waals surface area contributed by atoms with Crippen molar-refractivity contribution in [3.8, 4) is 0 Å². The quantitative estimate of drug-likeness (QED) is 0.831. The first-order chi connectivity index (χ1) is 13.1. The van der Waals surface area contributed by atoms with Crippen LogP contribution in [-0.4, -0.2) is 65.2 Å². The smallest absolute Gasteiger partial charge is 0.410 e. The number of ether oxygens (including phenoxy) is 1. The summed E-state index contributed by atoms with van der Waals surface area (Å²) in [7, 11) is 0. The summed E-state index contributed by atoms with van der Waals surface area (Å²) in [5.74, 6) is 1.90. The number of hydrogen-bond acceptors (Lipinski definition) is 5. The lowest BCUT2D eigenvalue weighted by molar-refractivity contribution is -0.108. The molecule has 0 N–H and O–H groups in total. The van der Waals surface area contributed by atoms with Gasteiger partial charge >= 0.3 is 6.09 Å². The SMILES string of the molecule is Cc1ccc(CN2CC3(C2)OC(=O)N2CCN(Cc4ccccc4)CC23)o1. The van der Waals surface area contributed by atoms with E-state index in [0.29, 0.717) is 0 Å². The zero-order chi connectivity index (χ0) is 18.4. The lowest BCUT2D eigenvalue weighted by atomic mass is 9.84. The third-order valence-corrected chi connectivity index (χ3v) is 6.00. The molecule has 142 valence electrons. The number of aryl methyl sites for hydroxylation is 1. The van der Waals surface area contributed by atoms with Gasteiger partial charge in [-0.25, -0.2) is 4.79 Å². The van der Waals surface area contributed by atoms with Crippen LogP contribution >= 0.6 is 0 Å². The van der Waals surface area contributed by atoms with Crippen LogP contribution in [0.3, 0.4) is 0 Å². The third kappa shape index (κ3) is 3.03. The molecule has 3 fully saturated rings. The van der Waals surface area contributed by atoms with E-state index in [4.69, 9.17) is 9.15 Å². The number of piperazine rings is 1. The van der Waals surface area contributed by atoms with Crippen molar-refractivity contribution in [1.29, 1.82) is 0 Å². The molecule has 0 aliphatic carbocycles. The molecule has 6 nitrogen and oxygen atoms in total. The van der Waals surface area contributed by atoms with E-state index in [1.807, 2.05) is 30.0 Å². The normalized spacial score (nSPS) is 24.7. The highest BCUT2D eigenvalue weighted by Crippen LogP contribution is 2.40. The standard InChI is InChI=1S/C21H25N3O3/c1-16-7-8-18(26-16)12-23-14-21(15-23)19-13-22(9-10-24(19)20(25)27-21)11-17-5-3-2-4-6-17/h2-8,19H,9-15H2,1H3. The molecule has 3 aliphatic heterocycles. The first kappa shape index (κ1) is 16.8. The fourth-order valence-electron chi connectivity index (χ4n) is 4.68. The Bertz CT molecular complexity index is 828. The van der Waals surface area contributed by atoms with Crippen LogP contribution in [0.5, 0.6) is 0 Å². The summed E-state index contributed by atoms with van der Waals surface area (Å²) < 4.78 is 11.6. The Morgan fingerprint density at radius 2 is 1.85 bits per heavy atom. The number of rotatable bonds is 4. The van der Waals surface area contributed by atoms with Crippen molar-refractivity contribution in [3.63, 3.8) is 0 Å². The summed E-state index contributed by atoms with van der Waals surface area (Å²) in [6.07, 6.45) is -0.146. The minimum absolute atomic E-state index is 0.136. The number of furan rings is 1. The van der Waals surface area contributed by atoms with Crippen molar-refractivity contribution < 1.29 is 13.9 Å². The number of nitrogens with zero attached hydrogens (tertiary/aromatic N) is 3. The van der Waals surface area contributed by atoms with Crippen LogP contribution in [0.15, 0.2) is 46.9 Å². The molecule has 3 saturated heterocycles. The van der Waals surface area contributed by atoms with Gasteiger partial charge in [0.05, 0.1) is 12.6 Å². The van der Waals surface area contributed by atoms with Crippen molar-refractivity contribution in [2.75, 3.05) is 32.7 Å². The zero-order valence-electron chi connectivity index (χ0n) is 15.6. The average molecular weight is 367 g/mol. The van der Waals surface area contributed by atoms with E-state index >= 15 is 0 Å². The fourth-order valence-corrected chi connectivity index (χ4v) is 4.68. The van der Waals surface area contributed by atoms with Gasteiger partial charge in [-0.05, 0) is 24.6 Å². The largest absolute Gasteiger partial charge is 0.465 e. The zero-order valence-corrected chi connectivity index (χ0v) is 15.6. The number of carbonyl (C=O) groups is 1. The van der Waals surface area contributed by atoms with Crippen molar-refractivity contribution in [3.05, 3.63) is 59.5 Å². The summed E-state index contributed by atoms with van der Waals surface area (Å²) >= 11 is 0. The highest BCUT2D eigenvalue weighted by molar-refractivity contribution is 5.72. The Kier molecular flexibility index (Phi) is 3.98. The summed E-state index contributed by atoms with van der Waals surface area (Å²) in [5, 5.41) is 0. The van der Waals surface area contributed by atoms with Crippen LogP contribution in [0.4, 0.5) is 4.79 Å². The molecule has 1 amide bonds. The van der Waals surface area contributed by atoms with E-state index in [0.717, 1.165) is 57.3 Å². The molecule has 1 aromatic carbocycles. The molecule has 3 aliphatic rings. The molecule has 5 rings (SSSR count). The van der Waals surface area contributed by atoms with E-state index in [2.05, 4.69) is 34.1 Å². The van der Waals surface area contributed by atoms with Gasteiger partial charge in [-0.15, -0.1) is 0 Å². The molecule has 0 saturated carbocycles. The molecule has 1 spiro atoms. The summed E-state index contributed by atoms with van der Waals surface area (Å²) in [6.45, 7) is 7.72. The topological polar surface area (TPSA) is 49.2 Å². The average Bonchev–Trinajstić information content (AvgIpc) is 3.17. The van der Waals surface area contributed by atoms with Gasteiger partial charge in [0.25, 0.3) is 0 Å². The second-order valence-electron chi connectivity index (χ2n) is 8.02. The molecule has 1 atom stereocenters. The molecule has 6 heteroatoms. The summed E-state index contributed by atoms with van der Waals surface area (Å²) in [6, 6.07) is 14.7. The van der Waals surface area contributed by atoms with Crippen LogP contribution in [0.2, 0.25) is 0 Å². The lowest BCUT2D eigenvalue weighted by Gasteiger charge is -2.51. The van der Waals surface area contributed by atoms with Crippen LogP contribution in [0.25, 0.3) is 0 Å². The predicted molar refractivity (Wildman–Crippen MR) is 100 cm³/mol. The van der Waals surface area contributed by atoms with Crippen LogP contribution < -0.4 is 0 Å². The van der Waals surface area contributed by atoms with Gasteiger partial charge < -0.3 is 9.15 Å². The first-order valence-corrected chi connectivity index (χ1v) is 9.65. The van der Waals surface area contributed by atoms with Gasteiger partial charge in [0.1, 0.15) is 11.5 Å². The predicted octanol–water partition coefficient (Wildman–Crippen LogP) is 2.48. The highest BCUT2D eigenvalue weighted by atomic mass is 16.6. The van der Waals surface area contributed by atoms with E-state index < -0.39 is 0 Å². The molecule has 27 heavy (non-hydrogen) atoms. The fraction of sp³-hybridized carbons (Fsp3) is 0.476. The minimum atomic E-state index is -0.367. The van der Waals surface area contributed by atoms with Crippen LogP contribution in [0, 0.1) is 6.92 Å². The Morgan fingerprint density at radius 3 is 2.59 bits per heavy atom. The second-order valence-corrected chi connectivity index (χ2v) is 8.02. The molecule has 1 aromatic heterocycles. The summed E-state index contributed by atoms with van der Waals surface area (Å²) in [5.41, 5.74) is 0.947.